The average Bonchev–Trinajstić information content (AvgIpc) is 3.46. The van der Waals surface area contributed by atoms with Crippen LogP contribution in [-0.4, -0.2) is 42.0 Å². The summed E-state index contributed by atoms with van der Waals surface area (Å²) in [4.78, 5) is 24.0. The lowest BCUT2D eigenvalue weighted by Gasteiger charge is -2.07. The summed E-state index contributed by atoms with van der Waals surface area (Å²) >= 11 is 2.43. The van der Waals surface area contributed by atoms with Gasteiger partial charge in [-0.1, -0.05) is 29.2 Å². The van der Waals surface area contributed by atoms with Crippen molar-refractivity contribution >= 4 is 46.1 Å². The number of rotatable bonds is 10. The molecule has 0 saturated carbocycles. The number of furan rings is 1. The van der Waals surface area contributed by atoms with Gasteiger partial charge in [0.25, 0.3) is 0 Å². The lowest BCUT2D eigenvalue weighted by atomic mass is 10.2. The quantitative estimate of drug-likeness (QED) is 0.269. The van der Waals surface area contributed by atoms with E-state index in [-0.39, 0.29) is 17.6 Å². The molecule has 0 aliphatic carbocycles. The number of benzene rings is 1. The van der Waals surface area contributed by atoms with Crippen molar-refractivity contribution in [1.29, 1.82) is 0 Å². The number of carbonyl (C=O) groups excluding carboxylic acids is 2. The highest BCUT2D eigenvalue weighted by molar-refractivity contribution is 8.01. The fourth-order valence-electron chi connectivity index (χ4n) is 2.37. The Hall–Kier alpha value is -3.31. The van der Waals surface area contributed by atoms with Gasteiger partial charge in [0, 0.05) is 6.08 Å². The predicted molar refractivity (Wildman–Crippen MR) is 118 cm³/mol. The van der Waals surface area contributed by atoms with Gasteiger partial charge in [-0.25, -0.2) is 0 Å². The van der Waals surface area contributed by atoms with Crippen LogP contribution in [0.2, 0.25) is 0 Å². The molecule has 9 nitrogen and oxygen atoms in total. The van der Waals surface area contributed by atoms with Gasteiger partial charge >= 0.3 is 0 Å². The molecule has 2 N–H and O–H groups in total. The first kappa shape index (κ1) is 22.4. The summed E-state index contributed by atoms with van der Waals surface area (Å²) in [7, 11) is 3.11. The number of hydrogen-bond acceptors (Lipinski definition) is 9. The SMILES string of the molecule is COc1ccc(/C=C/C(=O)Nc2nnc(SCC(=O)NCc3ccco3)s2)cc1OC. The Morgan fingerprint density at radius 3 is 2.77 bits per heavy atom. The van der Waals surface area contributed by atoms with Crippen LogP contribution in [0, 0.1) is 0 Å². The molecule has 1 aromatic carbocycles. The van der Waals surface area contributed by atoms with E-state index in [2.05, 4.69) is 20.8 Å². The van der Waals surface area contributed by atoms with Crippen LogP contribution >= 0.6 is 23.1 Å². The Morgan fingerprint density at radius 2 is 2.03 bits per heavy atom. The van der Waals surface area contributed by atoms with E-state index in [1.807, 2.05) is 6.07 Å². The maximum absolute atomic E-state index is 12.1. The third kappa shape index (κ3) is 6.86. The highest BCUT2D eigenvalue weighted by atomic mass is 32.2. The topological polar surface area (TPSA) is 116 Å². The zero-order chi connectivity index (χ0) is 22.1. The minimum absolute atomic E-state index is 0.153. The van der Waals surface area contributed by atoms with Gasteiger partial charge in [0.05, 0.1) is 32.8 Å². The molecule has 11 heteroatoms. The number of nitrogens with one attached hydrogen (secondary N) is 2. The van der Waals surface area contributed by atoms with Crippen molar-refractivity contribution in [2.45, 2.75) is 10.9 Å². The molecule has 0 unspecified atom stereocenters. The Kier molecular flexibility index (Phi) is 8.07. The van der Waals surface area contributed by atoms with Crippen molar-refractivity contribution in [2.24, 2.45) is 0 Å². The van der Waals surface area contributed by atoms with E-state index >= 15 is 0 Å². The second-order valence-corrected chi connectivity index (χ2v) is 8.15. The standard InChI is InChI=1S/C20H20N4O5S2/c1-27-15-7-5-13(10-16(15)28-2)6-8-17(25)22-19-23-24-20(31-19)30-12-18(26)21-11-14-4-3-9-29-14/h3-10H,11-12H2,1-2H3,(H,21,26)(H,22,23,25)/b8-6+. The average molecular weight is 461 g/mol. The van der Waals surface area contributed by atoms with Crippen molar-refractivity contribution in [2.75, 3.05) is 25.3 Å². The molecule has 0 saturated heterocycles. The van der Waals surface area contributed by atoms with E-state index in [1.54, 1.807) is 50.8 Å². The van der Waals surface area contributed by atoms with Crippen LogP contribution in [0.5, 0.6) is 11.5 Å². The summed E-state index contributed by atoms with van der Waals surface area (Å²) in [5.74, 6) is 1.54. The molecule has 0 aliphatic heterocycles. The molecule has 3 rings (SSSR count). The van der Waals surface area contributed by atoms with Crippen LogP contribution in [-0.2, 0) is 16.1 Å². The molecule has 3 aromatic rings. The summed E-state index contributed by atoms with van der Waals surface area (Å²) in [6.07, 6.45) is 4.59. The monoisotopic (exact) mass is 460 g/mol. The molecule has 0 aliphatic rings. The van der Waals surface area contributed by atoms with Crippen molar-refractivity contribution in [3.8, 4) is 11.5 Å². The summed E-state index contributed by atoms with van der Waals surface area (Å²) in [6, 6.07) is 8.87. The van der Waals surface area contributed by atoms with E-state index in [1.165, 1.54) is 29.2 Å². The number of ether oxygens (including phenoxy) is 2. The predicted octanol–water partition coefficient (Wildman–Crippen LogP) is 3.21. The van der Waals surface area contributed by atoms with Crippen molar-refractivity contribution in [3.05, 3.63) is 54.0 Å². The van der Waals surface area contributed by atoms with Crippen LogP contribution in [0.15, 0.2) is 51.4 Å². The van der Waals surface area contributed by atoms with Gasteiger partial charge in [-0.05, 0) is 35.9 Å². The zero-order valence-corrected chi connectivity index (χ0v) is 18.4. The maximum atomic E-state index is 12.1. The van der Waals surface area contributed by atoms with Gasteiger partial charge in [0.2, 0.25) is 16.9 Å². The molecule has 2 amide bonds. The van der Waals surface area contributed by atoms with Crippen molar-refractivity contribution in [1.82, 2.24) is 15.5 Å². The molecular weight excluding hydrogens is 440 g/mol. The summed E-state index contributed by atoms with van der Waals surface area (Å²) in [5, 5.41) is 13.6. The second-order valence-electron chi connectivity index (χ2n) is 5.95. The number of aromatic nitrogens is 2. The molecule has 2 aromatic heterocycles. The lowest BCUT2D eigenvalue weighted by Crippen LogP contribution is -2.24. The molecule has 0 bridgehead atoms. The molecule has 31 heavy (non-hydrogen) atoms. The molecular formula is C20H20N4O5S2. The van der Waals surface area contributed by atoms with Crippen molar-refractivity contribution in [3.63, 3.8) is 0 Å². The van der Waals surface area contributed by atoms with E-state index < -0.39 is 0 Å². The Labute approximate surface area is 186 Å². The fraction of sp³-hybridized carbons (Fsp3) is 0.200. The van der Waals surface area contributed by atoms with Gasteiger partial charge in [-0.2, -0.15) is 0 Å². The third-order valence-corrected chi connectivity index (χ3v) is 5.81. The minimum atomic E-state index is -0.348. The maximum Gasteiger partial charge on any atom is 0.250 e. The number of amides is 2. The molecule has 0 spiro atoms. The van der Waals surface area contributed by atoms with Gasteiger partial charge in [0.1, 0.15) is 5.76 Å². The van der Waals surface area contributed by atoms with Crippen LogP contribution in [0.3, 0.4) is 0 Å². The van der Waals surface area contributed by atoms with Gasteiger partial charge in [-0.3, -0.25) is 14.9 Å². The van der Waals surface area contributed by atoms with E-state index in [9.17, 15) is 9.59 Å². The molecule has 0 radical (unpaired) electrons. The van der Waals surface area contributed by atoms with E-state index in [4.69, 9.17) is 13.9 Å². The van der Waals surface area contributed by atoms with Gasteiger partial charge < -0.3 is 19.2 Å². The third-order valence-electron chi connectivity index (χ3n) is 3.84. The normalized spacial score (nSPS) is 10.8. The summed E-state index contributed by atoms with van der Waals surface area (Å²) in [5.41, 5.74) is 0.780. The van der Waals surface area contributed by atoms with Crippen LogP contribution in [0.1, 0.15) is 11.3 Å². The van der Waals surface area contributed by atoms with Gasteiger partial charge in [0.15, 0.2) is 15.8 Å². The summed E-state index contributed by atoms with van der Waals surface area (Å²) < 4.78 is 16.2. The fourth-order valence-corrected chi connectivity index (χ4v) is 3.96. The van der Waals surface area contributed by atoms with Crippen molar-refractivity contribution < 1.29 is 23.5 Å². The van der Waals surface area contributed by atoms with Crippen LogP contribution in [0.4, 0.5) is 5.13 Å². The first-order valence-electron chi connectivity index (χ1n) is 9.04. The molecule has 0 atom stereocenters. The summed E-state index contributed by atoms with van der Waals surface area (Å²) in [6.45, 7) is 0.330. The number of nitrogens with zero attached hydrogens (tertiary/aromatic N) is 2. The Bertz CT molecular complexity index is 1050. The van der Waals surface area contributed by atoms with Gasteiger partial charge in [-0.15, -0.1) is 10.2 Å². The number of methoxy groups -OCH3 is 2. The number of thioether (sulfide) groups is 1. The Morgan fingerprint density at radius 1 is 1.19 bits per heavy atom. The number of anilines is 1. The smallest absolute Gasteiger partial charge is 0.250 e. The van der Waals surface area contributed by atoms with Crippen LogP contribution in [0.25, 0.3) is 6.08 Å². The van der Waals surface area contributed by atoms with E-state index in [0.29, 0.717) is 33.3 Å². The second kappa shape index (κ2) is 11.2. The molecule has 162 valence electrons. The zero-order valence-electron chi connectivity index (χ0n) is 16.8. The first-order chi connectivity index (χ1) is 15.1. The first-order valence-corrected chi connectivity index (χ1v) is 10.8. The lowest BCUT2D eigenvalue weighted by molar-refractivity contribution is -0.118. The van der Waals surface area contributed by atoms with Crippen LogP contribution < -0.4 is 20.1 Å². The largest absolute Gasteiger partial charge is 0.493 e. The molecule has 0 fully saturated rings. The highest BCUT2D eigenvalue weighted by Gasteiger charge is 2.10. The highest BCUT2D eigenvalue weighted by Crippen LogP contribution is 2.28. The molecule has 2 heterocycles. The number of hydrogen-bond donors (Lipinski definition) is 2. The number of carbonyl (C=O) groups is 2. The Balaban J connectivity index is 1.46. The van der Waals surface area contributed by atoms with E-state index in [0.717, 1.165) is 5.56 Å². The minimum Gasteiger partial charge on any atom is -0.493 e.